The van der Waals surface area contributed by atoms with Gasteiger partial charge in [0.05, 0.1) is 12.2 Å². The molecule has 1 aromatic rings. The molecule has 7 atom stereocenters. The van der Waals surface area contributed by atoms with Gasteiger partial charge in [0.15, 0.2) is 0 Å². The highest BCUT2D eigenvalue weighted by atomic mass is 32.2. The van der Waals surface area contributed by atoms with E-state index in [1.165, 1.54) is 10.5 Å². The van der Waals surface area contributed by atoms with E-state index in [0.29, 0.717) is 25.0 Å². The summed E-state index contributed by atoms with van der Waals surface area (Å²) in [5, 5.41) is 10.9. The summed E-state index contributed by atoms with van der Waals surface area (Å²) in [4.78, 5) is 32.5. The number of ether oxygens (including phenoxy) is 1. The first-order valence-electron chi connectivity index (χ1n) is 16.7. The Bertz CT molecular complexity index is 1390. The Morgan fingerprint density at radius 2 is 1.75 bits per heavy atom. The van der Waals surface area contributed by atoms with Gasteiger partial charge in [0.25, 0.3) is 0 Å². The maximum atomic E-state index is 13.3. The summed E-state index contributed by atoms with van der Waals surface area (Å²) in [6.07, 6.45) is -3.33. The average Bonchev–Trinajstić information content (AvgIpc) is 3.29. The standard InChI is InChI=1S/C32H45F5NO8PS/c1-30-13-9-25-24-6-5-23(45-29(40)38-14-10-22(11-15-38)46-47(41,42)43)19-21(24)18-20(28(25)26(30)7-8-27(30)39)4-2-16-48(44)17-3-12-31(33,34)32(35,36)37/h5-6,19-20,22,25-28,39H,2-4,7-18H2,1H3,(H2,41,42,43)/t20-,25-,26+,27+,28-,30+,48?/m1/s1. The number of aliphatic hydroxyl groups is 1. The predicted molar refractivity (Wildman–Crippen MR) is 167 cm³/mol. The van der Waals surface area contributed by atoms with Gasteiger partial charge in [-0.05, 0) is 117 Å². The van der Waals surface area contributed by atoms with Crippen molar-refractivity contribution in [3.05, 3.63) is 29.3 Å². The Labute approximate surface area is 279 Å². The number of aliphatic hydroxyl groups excluding tert-OH is 1. The summed E-state index contributed by atoms with van der Waals surface area (Å²) in [7, 11) is -6.15. The van der Waals surface area contributed by atoms with Crippen molar-refractivity contribution in [2.45, 2.75) is 108 Å². The van der Waals surface area contributed by atoms with Crippen molar-refractivity contribution in [1.82, 2.24) is 4.90 Å². The maximum absolute atomic E-state index is 13.3. The Morgan fingerprint density at radius 1 is 1.06 bits per heavy atom. The SMILES string of the molecule is C[C@]12CC[C@@H]3c4ccc(OC(=O)N5CCC(OP(=O)(O)O)CC5)cc4C[C@@H](CCCS(=O)CCCC(F)(F)C(F)(F)F)[C@H]3[C@@H]1CC[C@@H]2O. The van der Waals surface area contributed by atoms with E-state index in [2.05, 4.69) is 6.92 Å². The molecule has 3 N–H and O–H groups in total. The highest BCUT2D eigenvalue weighted by Gasteiger charge is 2.57. The highest BCUT2D eigenvalue weighted by Crippen LogP contribution is 2.62. The number of fused-ring (bicyclic) bond motifs is 5. The number of hydrogen-bond acceptors (Lipinski definition) is 6. The fourth-order valence-electron chi connectivity index (χ4n) is 8.79. The fourth-order valence-corrected chi connectivity index (χ4v) is 10.6. The lowest BCUT2D eigenvalue weighted by Crippen LogP contribution is -2.47. The van der Waals surface area contributed by atoms with Crippen LogP contribution in [0.2, 0.25) is 0 Å². The molecular weight excluding hydrogens is 684 g/mol. The second-order valence-corrected chi connectivity index (χ2v) is 17.1. The lowest BCUT2D eigenvalue weighted by molar-refractivity contribution is -0.284. The fraction of sp³-hybridized carbons (Fsp3) is 0.781. The van der Waals surface area contributed by atoms with Crippen LogP contribution in [0.15, 0.2) is 18.2 Å². The Morgan fingerprint density at radius 3 is 2.42 bits per heavy atom. The number of amides is 1. The molecule has 1 amide bonds. The maximum Gasteiger partial charge on any atom is 0.469 e. The molecule has 16 heteroatoms. The van der Waals surface area contributed by atoms with Gasteiger partial charge in [-0.25, -0.2) is 9.36 Å². The van der Waals surface area contributed by atoms with Crippen LogP contribution >= 0.6 is 7.82 Å². The van der Waals surface area contributed by atoms with Crippen LogP contribution in [0, 0.1) is 23.2 Å². The van der Waals surface area contributed by atoms with E-state index in [1.54, 1.807) is 6.07 Å². The number of alkyl halides is 5. The first-order chi connectivity index (χ1) is 22.4. The second kappa shape index (κ2) is 14.5. The van der Waals surface area contributed by atoms with Crippen LogP contribution in [-0.4, -0.2) is 79.0 Å². The number of halogens is 5. The van der Waals surface area contributed by atoms with Gasteiger partial charge in [0, 0.05) is 41.8 Å². The molecule has 1 aliphatic heterocycles. The van der Waals surface area contributed by atoms with Crippen LogP contribution in [-0.2, 0) is 26.3 Å². The normalized spacial score (nSPS) is 30.4. The molecule has 3 aliphatic carbocycles. The molecule has 9 nitrogen and oxygen atoms in total. The number of phosphoric ester groups is 1. The zero-order valence-electron chi connectivity index (χ0n) is 26.9. The van der Waals surface area contributed by atoms with Crippen molar-refractivity contribution in [2.24, 2.45) is 23.2 Å². The van der Waals surface area contributed by atoms with Crippen LogP contribution in [0.5, 0.6) is 5.75 Å². The highest BCUT2D eigenvalue weighted by molar-refractivity contribution is 7.84. The monoisotopic (exact) mass is 729 g/mol. The van der Waals surface area contributed by atoms with E-state index in [9.17, 15) is 40.6 Å². The van der Waals surface area contributed by atoms with Crippen LogP contribution in [0.3, 0.4) is 0 Å². The van der Waals surface area contributed by atoms with E-state index < -0.39 is 55.8 Å². The number of rotatable bonds is 11. The van der Waals surface area contributed by atoms with E-state index in [1.807, 2.05) is 12.1 Å². The summed E-state index contributed by atoms with van der Waals surface area (Å²) >= 11 is 0. The predicted octanol–water partition coefficient (Wildman–Crippen LogP) is 6.71. The van der Waals surface area contributed by atoms with E-state index in [-0.39, 0.29) is 72.6 Å². The third kappa shape index (κ3) is 8.45. The Balaban J connectivity index is 1.23. The number of phosphoric acid groups is 1. The minimum absolute atomic E-state index is 0.156. The van der Waals surface area contributed by atoms with Crippen molar-refractivity contribution in [3.8, 4) is 5.75 Å². The number of nitrogens with zero attached hydrogens (tertiary/aromatic N) is 1. The number of hydrogen-bond donors (Lipinski definition) is 3. The molecule has 2 saturated carbocycles. The summed E-state index contributed by atoms with van der Waals surface area (Å²) in [5.74, 6) is -3.52. The summed E-state index contributed by atoms with van der Waals surface area (Å²) < 4.78 is 98.2. The van der Waals surface area contributed by atoms with Gasteiger partial charge in [-0.1, -0.05) is 13.0 Å². The molecule has 0 radical (unpaired) electrons. The summed E-state index contributed by atoms with van der Waals surface area (Å²) in [6, 6.07) is 5.66. The molecule has 0 aromatic heterocycles. The van der Waals surface area contributed by atoms with Crippen LogP contribution < -0.4 is 4.74 Å². The first kappa shape index (κ1) is 37.6. The molecule has 1 saturated heterocycles. The molecule has 48 heavy (non-hydrogen) atoms. The van der Waals surface area contributed by atoms with Crippen molar-refractivity contribution in [3.63, 3.8) is 0 Å². The number of piperidine rings is 1. The lowest BCUT2D eigenvalue weighted by Gasteiger charge is -2.53. The van der Waals surface area contributed by atoms with Crippen LogP contribution in [0.25, 0.3) is 0 Å². The molecule has 272 valence electrons. The van der Waals surface area contributed by atoms with Gasteiger partial charge in [-0.3, -0.25) is 8.73 Å². The number of likely N-dealkylation sites (tertiary alicyclic amines) is 1. The molecule has 1 heterocycles. The molecule has 1 aromatic carbocycles. The molecule has 5 rings (SSSR count). The molecular formula is C32H45F5NO8PS. The quantitative estimate of drug-likeness (QED) is 0.169. The summed E-state index contributed by atoms with van der Waals surface area (Å²) in [6.45, 7) is 2.60. The zero-order valence-corrected chi connectivity index (χ0v) is 28.6. The van der Waals surface area contributed by atoms with Crippen molar-refractivity contribution < 1.29 is 59.7 Å². The summed E-state index contributed by atoms with van der Waals surface area (Å²) in [5.41, 5.74) is 2.02. The molecule has 1 unspecified atom stereocenters. The molecule has 3 fully saturated rings. The second-order valence-electron chi connectivity index (χ2n) is 14.2. The van der Waals surface area contributed by atoms with E-state index in [0.717, 1.165) is 31.2 Å². The van der Waals surface area contributed by atoms with E-state index >= 15 is 0 Å². The van der Waals surface area contributed by atoms with Crippen LogP contribution in [0.1, 0.15) is 88.2 Å². The first-order valence-corrected chi connectivity index (χ1v) is 19.7. The van der Waals surface area contributed by atoms with Gasteiger partial charge in [0.1, 0.15) is 5.75 Å². The topological polar surface area (TPSA) is 134 Å². The van der Waals surface area contributed by atoms with Gasteiger partial charge in [0.2, 0.25) is 0 Å². The third-order valence-electron chi connectivity index (χ3n) is 11.2. The number of carbonyl (C=O) groups excluding carboxylic acids is 1. The Kier molecular flexibility index (Phi) is 11.4. The van der Waals surface area contributed by atoms with Gasteiger partial charge in [-0.15, -0.1) is 0 Å². The minimum atomic E-state index is -5.62. The van der Waals surface area contributed by atoms with Gasteiger partial charge in [-0.2, -0.15) is 22.0 Å². The van der Waals surface area contributed by atoms with Crippen molar-refractivity contribution >= 4 is 24.7 Å². The smallest absolute Gasteiger partial charge is 0.410 e. The van der Waals surface area contributed by atoms with Crippen molar-refractivity contribution in [1.29, 1.82) is 0 Å². The molecule has 4 aliphatic rings. The Hall–Kier alpha value is -1.64. The largest absolute Gasteiger partial charge is 0.469 e. The van der Waals surface area contributed by atoms with Gasteiger partial charge >= 0.3 is 26.0 Å². The third-order valence-corrected chi connectivity index (χ3v) is 13.3. The number of benzene rings is 1. The lowest BCUT2D eigenvalue weighted by atomic mass is 9.52. The molecule has 0 bridgehead atoms. The average molecular weight is 730 g/mol. The molecule has 0 spiro atoms. The van der Waals surface area contributed by atoms with Gasteiger partial charge < -0.3 is 24.5 Å². The minimum Gasteiger partial charge on any atom is -0.410 e. The zero-order chi connectivity index (χ0) is 35.1. The van der Waals surface area contributed by atoms with Crippen LogP contribution in [0.4, 0.5) is 26.7 Å². The number of carbonyl (C=O) groups is 1. The van der Waals surface area contributed by atoms with E-state index in [4.69, 9.17) is 19.0 Å². The van der Waals surface area contributed by atoms with Crippen molar-refractivity contribution in [2.75, 3.05) is 24.6 Å².